The second kappa shape index (κ2) is 7.11. The summed E-state index contributed by atoms with van der Waals surface area (Å²) in [5.74, 6) is -1.67. The lowest BCUT2D eigenvalue weighted by atomic mass is 9.85. The van der Waals surface area contributed by atoms with Crippen molar-refractivity contribution in [2.45, 2.75) is 46.6 Å². The normalized spacial score (nSPS) is 11.3. The fourth-order valence-electron chi connectivity index (χ4n) is 1.75. The molecule has 19 heavy (non-hydrogen) atoms. The Morgan fingerprint density at radius 3 is 2.11 bits per heavy atom. The minimum absolute atomic E-state index is 0.0779. The molecule has 6 nitrogen and oxygen atoms in total. The van der Waals surface area contributed by atoms with E-state index in [9.17, 15) is 14.4 Å². The van der Waals surface area contributed by atoms with Crippen molar-refractivity contribution in [3.8, 4) is 0 Å². The van der Waals surface area contributed by atoms with Crippen molar-refractivity contribution < 1.29 is 24.2 Å². The molecule has 0 unspecified atom stereocenters. The SMILES string of the molecule is COC(=O)CN(C(=O)CC(C)(C)CC(=O)O)C(C)C. The van der Waals surface area contributed by atoms with Crippen LogP contribution >= 0.6 is 0 Å². The van der Waals surface area contributed by atoms with Crippen LogP contribution in [0.1, 0.15) is 40.5 Å². The number of carbonyl (C=O) groups excluding carboxylic acids is 2. The van der Waals surface area contributed by atoms with Crippen molar-refractivity contribution >= 4 is 17.8 Å². The molecule has 0 fully saturated rings. The van der Waals surface area contributed by atoms with Gasteiger partial charge in [-0.15, -0.1) is 0 Å². The van der Waals surface area contributed by atoms with Gasteiger partial charge >= 0.3 is 11.9 Å². The van der Waals surface area contributed by atoms with Gasteiger partial charge in [-0.2, -0.15) is 0 Å². The Kier molecular flexibility index (Phi) is 6.52. The number of carboxylic acids is 1. The topological polar surface area (TPSA) is 83.9 Å². The number of carbonyl (C=O) groups is 3. The van der Waals surface area contributed by atoms with Gasteiger partial charge in [-0.3, -0.25) is 14.4 Å². The Morgan fingerprint density at radius 2 is 1.74 bits per heavy atom. The molecule has 0 aliphatic heterocycles. The first kappa shape index (κ1) is 17.4. The first-order valence-corrected chi connectivity index (χ1v) is 6.17. The molecule has 0 bridgehead atoms. The monoisotopic (exact) mass is 273 g/mol. The van der Waals surface area contributed by atoms with Crippen LogP contribution in [0, 0.1) is 5.41 Å². The van der Waals surface area contributed by atoms with Crippen LogP contribution in [0.2, 0.25) is 0 Å². The van der Waals surface area contributed by atoms with Crippen LogP contribution in [0.4, 0.5) is 0 Å². The minimum atomic E-state index is -0.943. The molecule has 110 valence electrons. The molecule has 0 aromatic carbocycles. The fourth-order valence-corrected chi connectivity index (χ4v) is 1.75. The molecule has 0 spiro atoms. The number of methoxy groups -OCH3 is 1. The summed E-state index contributed by atoms with van der Waals surface area (Å²) >= 11 is 0. The van der Waals surface area contributed by atoms with Gasteiger partial charge in [-0.1, -0.05) is 13.8 Å². The highest BCUT2D eigenvalue weighted by Gasteiger charge is 2.29. The van der Waals surface area contributed by atoms with Crippen molar-refractivity contribution in [1.82, 2.24) is 4.90 Å². The molecular formula is C13H23NO5. The molecule has 0 aliphatic carbocycles. The molecule has 0 aromatic rings. The third-order valence-corrected chi connectivity index (χ3v) is 2.73. The number of carboxylic acid groups (broad SMARTS) is 1. The zero-order valence-electron chi connectivity index (χ0n) is 12.2. The summed E-state index contributed by atoms with van der Waals surface area (Å²) in [7, 11) is 1.26. The van der Waals surface area contributed by atoms with E-state index in [-0.39, 0.29) is 31.3 Å². The van der Waals surface area contributed by atoms with E-state index in [1.54, 1.807) is 27.7 Å². The lowest BCUT2D eigenvalue weighted by molar-refractivity contribution is -0.149. The van der Waals surface area contributed by atoms with Gasteiger partial charge in [0.15, 0.2) is 0 Å². The van der Waals surface area contributed by atoms with Crippen molar-refractivity contribution in [3.63, 3.8) is 0 Å². The first-order valence-electron chi connectivity index (χ1n) is 6.17. The van der Waals surface area contributed by atoms with Gasteiger partial charge in [0.25, 0.3) is 0 Å². The highest BCUT2D eigenvalue weighted by Crippen LogP contribution is 2.26. The van der Waals surface area contributed by atoms with E-state index in [1.165, 1.54) is 12.0 Å². The van der Waals surface area contributed by atoms with Gasteiger partial charge < -0.3 is 14.7 Å². The van der Waals surface area contributed by atoms with E-state index in [4.69, 9.17) is 5.11 Å². The Morgan fingerprint density at radius 1 is 1.21 bits per heavy atom. The van der Waals surface area contributed by atoms with Crippen LogP contribution in [-0.2, 0) is 19.1 Å². The Bertz CT molecular complexity index is 349. The maximum Gasteiger partial charge on any atom is 0.325 e. The van der Waals surface area contributed by atoms with E-state index in [0.29, 0.717) is 0 Å². The molecule has 0 aliphatic rings. The molecule has 1 amide bonds. The number of esters is 1. The molecule has 0 heterocycles. The largest absolute Gasteiger partial charge is 0.481 e. The van der Waals surface area contributed by atoms with E-state index < -0.39 is 17.4 Å². The zero-order valence-corrected chi connectivity index (χ0v) is 12.2. The van der Waals surface area contributed by atoms with E-state index in [0.717, 1.165) is 0 Å². The average Bonchev–Trinajstić information content (AvgIpc) is 2.21. The van der Waals surface area contributed by atoms with E-state index >= 15 is 0 Å². The third kappa shape index (κ3) is 6.79. The quantitative estimate of drug-likeness (QED) is 0.706. The maximum atomic E-state index is 12.2. The second-order valence-corrected chi connectivity index (χ2v) is 5.60. The van der Waals surface area contributed by atoms with Crippen molar-refractivity contribution in [2.75, 3.05) is 13.7 Å². The summed E-state index contributed by atoms with van der Waals surface area (Å²) in [6.45, 7) is 6.91. The molecule has 0 atom stereocenters. The second-order valence-electron chi connectivity index (χ2n) is 5.60. The number of aliphatic carboxylic acids is 1. The third-order valence-electron chi connectivity index (χ3n) is 2.73. The minimum Gasteiger partial charge on any atom is -0.481 e. The summed E-state index contributed by atoms with van der Waals surface area (Å²) < 4.78 is 4.55. The number of ether oxygens (including phenoxy) is 1. The molecule has 6 heteroatoms. The smallest absolute Gasteiger partial charge is 0.325 e. The Labute approximate surface area is 113 Å². The lowest BCUT2D eigenvalue weighted by Gasteiger charge is -2.30. The maximum absolute atomic E-state index is 12.2. The van der Waals surface area contributed by atoms with Crippen LogP contribution in [-0.4, -0.2) is 47.5 Å². The fraction of sp³-hybridized carbons (Fsp3) is 0.769. The number of rotatable bonds is 7. The molecule has 0 radical (unpaired) electrons. The van der Waals surface area contributed by atoms with Crippen LogP contribution in [0.15, 0.2) is 0 Å². The molecule has 1 N–H and O–H groups in total. The predicted molar refractivity (Wildman–Crippen MR) is 69.5 cm³/mol. The number of hydrogen-bond donors (Lipinski definition) is 1. The van der Waals surface area contributed by atoms with Gasteiger partial charge in [0.2, 0.25) is 5.91 Å². The van der Waals surface area contributed by atoms with Gasteiger partial charge in [0.05, 0.1) is 13.5 Å². The number of hydrogen-bond acceptors (Lipinski definition) is 4. The van der Waals surface area contributed by atoms with Gasteiger partial charge in [0.1, 0.15) is 6.54 Å². The van der Waals surface area contributed by atoms with Gasteiger partial charge in [-0.25, -0.2) is 0 Å². The summed E-state index contributed by atoms with van der Waals surface area (Å²) in [5.41, 5.74) is -0.647. The van der Waals surface area contributed by atoms with Crippen molar-refractivity contribution in [1.29, 1.82) is 0 Å². The number of nitrogens with zero attached hydrogens (tertiary/aromatic N) is 1. The van der Waals surface area contributed by atoms with Gasteiger partial charge in [0, 0.05) is 12.5 Å². The summed E-state index contributed by atoms with van der Waals surface area (Å²) in [6, 6.07) is -0.146. The molecule has 0 saturated carbocycles. The average molecular weight is 273 g/mol. The highest BCUT2D eigenvalue weighted by atomic mass is 16.5. The highest BCUT2D eigenvalue weighted by molar-refractivity contribution is 5.83. The summed E-state index contributed by atoms with van der Waals surface area (Å²) in [6.07, 6.45) is -0.0165. The molecule has 0 aromatic heterocycles. The summed E-state index contributed by atoms with van der Waals surface area (Å²) in [4.78, 5) is 35.5. The molecular weight excluding hydrogens is 250 g/mol. The number of amides is 1. The van der Waals surface area contributed by atoms with Gasteiger partial charge in [-0.05, 0) is 19.3 Å². The van der Waals surface area contributed by atoms with E-state index in [2.05, 4.69) is 4.74 Å². The van der Waals surface area contributed by atoms with Crippen LogP contribution in [0.3, 0.4) is 0 Å². The molecule has 0 rings (SSSR count). The van der Waals surface area contributed by atoms with Crippen LogP contribution < -0.4 is 0 Å². The standard InChI is InChI=1S/C13H23NO5/c1-9(2)14(8-12(18)19-5)10(15)6-13(3,4)7-11(16)17/h9H,6-8H2,1-5H3,(H,16,17). The van der Waals surface area contributed by atoms with Crippen LogP contribution in [0.5, 0.6) is 0 Å². The van der Waals surface area contributed by atoms with E-state index in [1.807, 2.05) is 0 Å². The first-order chi connectivity index (χ1) is 8.59. The van der Waals surface area contributed by atoms with Crippen molar-refractivity contribution in [3.05, 3.63) is 0 Å². The van der Waals surface area contributed by atoms with Crippen molar-refractivity contribution in [2.24, 2.45) is 5.41 Å². The summed E-state index contributed by atoms with van der Waals surface area (Å²) in [5, 5.41) is 8.79. The van der Waals surface area contributed by atoms with Crippen LogP contribution in [0.25, 0.3) is 0 Å². The molecule has 0 saturated heterocycles. The zero-order chi connectivity index (χ0) is 15.2. The predicted octanol–water partition coefficient (Wildman–Crippen LogP) is 1.29. The Hall–Kier alpha value is -1.59. The lowest BCUT2D eigenvalue weighted by Crippen LogP contribution is -2.42. The Balaban J connectivity index is 4.73.